The molecule has 3 heterocycles. The van der Waals surface area contributed by atoms with E-state index in [-0.39, 0.29) is 24.2 Å². The van der Waals surface area contributed by atoms with E-state index in [1.54, 1.807) is 9.80 Å². The van der Waals surface area contributed by atoms with Crippen molar-refractivity contribution in [1.82, 2.24) is 0 Å². The summed E-state index contributed by atoms with van der Waals surface area (Å²) in [7, 11) is 0. The Labute approximate surface area is 181 Å². The van der Waals surface area contributed by atoms with E-state index in [1.165, 1.54) is 0 Å². The van der Waals surface area contributed by atoms with Gasteiger partial charge in [-0.15, -0.1) is 12.4 Å². The van der Waals surface area contributed by atoms with Crippen LogP contribution in [0, 0.1) is 5.92 Å². The maximum atomic E-state index is 13.3. The fourth-order valence-electron chi connectivity index (χ4n) is 4.43. The van der Waals surface area contributed by atoms with Crippen LogP contribution < -0.4 is 25.0 Å². The van der Waals surface area contributed by atoms with E-state index in [0.29, 0.717) is 49.9 Å². The van der Waals surface area contributed by atoms with Crippen LogP contribution in [0.4, 0.5) is 17.1 Å². The Kier molecular flexibility index (Phi) is 5.47. The van der Waals surface area contributed by atoms with Crippen LogP contribution in [0.5, 0.6) is 11.5 Å². The van der Waals surface area contributed by atoms with E-state index in [2.05, 4.69) is 0 Å². The minimum absolute atomic E-state index is 0. The lowest BCUT2D eigenvalue weighted by Gasteiger charge is -2.31. The van der Waals surface area contributed by atoms with Crippen molar-refractivity contribution in [3.8, 4) is 11.5 Å². The molecule has 0 spiro atoms. The molecule has 0 aromatic heterocycles. The predicted molar refractivity (Wildman–Crippen MR) is 117 cm³/mol. The molecular formula is C22H24ClN3O4. The Morgan fingerprint density at radius 2 is 1.87 bits per heavy atom. The van der Waals surface area contributed by atoms with Gasteiger partial charge < -0.3 is 25.0 Å². The molecule has 1 fully saturated rings. The highest BCUT2D eigenvalue weighted by atomic mass is 35.5. The summed E-state index contributed by atoms with van der Waals surface area (Å²) >= 11 is 0. The van der Waals surface area contributed by atoms with Crippen molar-refractivity contribution in [2.24, 2.45) is 5.92 Å². The monoisotopic (exact) mass is 429 g/mol. The normalized spacial score (nSPS) is 19.9. The van der Waals surface area contributed by atoms with Crippen LogP contribution in [0.1, 0.15) is 18.4 Å². The van der Waals surface area contributed by atoms with E-state index in [9.17, 15) is 9.59 Å². The molecule has 0 saturated carbocycles. The number of nitrogens with two attached hydrogens (primary N) is 1. The Hall–Kier alpha value is -2.93. The third kappa shape index (κ3) is 3.33. The van der Waals surface area contributed by atoms with Gasteiger partial charge in [0, 0.05) is 36.2 Å². The summed E-state index contributed by atoms with van der Waals surface area (Å²) in [6.07, 6.45) is 2.20. The number of fused-ring (bicyclic) bond motifs is 2. The van der Waals surface area contributed by atoms with Crippen LogP contribution in [-0.2, 0) is 16.0 Å². The van der Waals surface area contributed by atoms with E-state index in [1.807, 2.05) is 36.4 Å². The van der Waals surface area contributed by atoms with E-state index < -0.39 is 5.92 Å². The van der Waals surface area contributed by atoms with Crippen LogP contribution in [0.15, 0.2) is 36.4 Å². The molecule has 3 aliphatic rings. The number of hydrogen-bond donors (Lipinski definition) is 1. The summed E-state index contributed by atoms with van der Waals surface area (Å²) in [6.45, 7) is 2.13. The SMILES string of the molecule is Cl.Nc1cccc2c1CCCN2C(=O)C1CCN(c2ccc3c(c2)OCCO3)C1=O. The highest BCUT2D eigenvalue weighted by Crippen LogP contribution is 2.37. The van der Waals surface area contributed by atoms with Gasteiger partial charge in [-0.2, -0.15) is 0 Å². The van der Waals surface area contributed by atoms with Crippen molar-refractivity contribution in [3.63, 3.8) is 0 Å². The average Bonchev–Trinajstić information content (AvgIpc) is 3.14. The quantitative estimate of drug-likeness (QED) is 0.586. The van der Waals surface area contributed by atoms with Crippen molar-refractivity contribution in [2.45, 2.75) is 19.3 Å². The minimum Gasteiger partial charge on any atom is -0.486 e. The zero-order chi connectivity index (χ0) is 20.0. The molecule has 1 atom stereocenters. The standard InChI is InChI=1S/C22H23N3O4.ClH/c23-17-4-1-5-18-15(17)3-2-9-25(18)22(27)16-8-10-24(21(16)26)14-6-7-19-20(13-14)29-12-11-28-19;/h1,4-7,13,16H,2-3,8-12,23H2;1H. The van der Waals surface area contributed by atoms with Crippen molar-refractivity contribution in [2.75, 3.05) is 41.8 Å². The number of benzene rings is 2. The van der Waals surface area contributed by atoms with Gasteiger partial charge in [-0.3, -0.25) is 9.59 Å². The molecule has 3 aliphatic heterocycles. The summed E-state index contributed by atoms with van der Waals surface area (Å²) < 4.78 is 11.2. The molecule has 1 unspecified atom stereocenters. The number of carbonyl (C=O) groups is 2. The third-order valence-electron chi connectivity index (χ3n) is 5.89. The average molecular weight is 430 g/mol. The molecule has 2 aromatic carbocycles. The lowest BCUT2D eigenvalue weighted by atomic mass is 9.97. The highest BCUT2D eigenvalue weighted by Gasteiger charge is 2.41. The molecule has 0 aliphatic carbocycles. The molecule has 0 radical (unpaired) electrons. The lowest BCUT2D eigenvalue weighted by Crippen LogP contribution is -2.42. The van der Waals surface area contributed by atoms with E-state index in [4.69, 9.17) is 15.2 Å². The molecular weight excluding hydrogens is 406 g/mol. The number of hydrogen-bond acceptors (Lipinski definition) is 5. The zero-order valence-corrected chi connectivity index (χ0v) is 17.3. The number of amides is 2. The zero-order valence-electron chi connectivity index (χ0n) is 16.5. The number of nitrogens with zero attached hydrogens (tertiary/aromatic N) is 2. The first-order chi connectivity index (χ1) is 14.1. The first-order valence-corrected chi connectivity index (χ1v) is 10.0. The molecule has 158 valence electrons. The van der Waals surface area contributed by atoms with Gasteiger partial charge in [0.15, 0.2) is 11.5 Å². The number of halogens is 1. The maximum absolute atomic E-state index is 13.3. The number of anilines is 3. The number of nitrogen functional groups attached to an aromatic ring is 1. The van der Waals surface area contributed by atoms with Gasteiger partial charge in [-0.25, -0.2) is 0 Å². The topological polar surface area (TPSA) is 85.1 Å². The first-order valence-electron chi connectivity index (χ1n) is 10.0. The van der Waals surface area contributed by atoms with Gasteiger partial charge in [-0.1, -0.05) is 6.07 Å². The lowest BCUT2D eigenvalue weighted by molar-refractivity contribution is -0.130. The Morgan fingerprint density at radius 3 is 2.70 bits per heavy atom. The van der Waals surface area contributed by atoms with Crippen LogP contribution in [-0.4, -0.2) is 38.1 Å². The van der Waals surface area contributed by atoms with E-state index >= 15 is 0 Å². The van der Waals surface area contributed by atoms with Crippen LogP contribution in [0.25, 0.3) is 0 Å². The van der Waals surface area contributed by atoms with Crippen molar-refractivity contribution < 1.29 is 19.1 Å². The minimum atomic E-state index is -0.671. The fourth-order valence-corrected chi connectivity index (χ4v) is 4.43. The molecule has 5 rings (SSSR count). The van der Waals surface area contributed by atoms with Crippen LogP contribution in [0.3, 0.4) is 0 Å². The van der Waals surface area contributed by atoms with E-state index in [0.717, 1.165) is 29.8 Å². The molecule has 0 bridgehead atoms. The predicted octanol–water partition coefficient (Wildman–Crippen LogP) is 2.79. The second-order valence-corrected chi connectivity index (χ2v) is 7.60. The summed E-state index contributed by atoms with van der Waals surface area (Å²) in [4.78, 5) is 29.8. The second kappa shape index (κ2) is 8.07. The van der Waals surface area contributed by atoms with Crippen LogP contribution >= 0.6 is 12.4 Å². The molecule has 1 saturated heterocycles. The highest BCUT2D eigenvalue weighted by molar-refractivity contribution is 6.14. The summed E-state index contributed by atoms with van der Waals surface area (Å²) in [5.41, 5.74) is 9.38. The number of rotatable bonds is 2. The number of carbonyl (C=O) groups excluding carboxylic acids is 2. The first kappa shape index (κ1) is 20.3. The smallest absolute Gasteiger partial charge is 0.239 e. The molecule has 8 heteroatoms. The van der Waals surface area contributed by atoms with Gasteiger partial charge in [0.05, 0.1) is 0 Å². The van der Waals surface area contributed by atoms with Crippen LogP contribution in [0.2, 0.25) is 0 Å². The maximum Gasteiger partial charge on any atom is 0.239 e. The summed E-state index contributed by atoms with van der Waals surface area (Å²) in [5.74, 6) is 0.346. The summed E-state index contributed by atoms with van der Waals surface area (Å²) in [6, 6.07) is 11.1. The Morgan fingerprint density at radius 1 is 1.07 bits per heavy atom. The van der Waals surface area contributed by atoms with Gasteiger partial charge in [0.1, 0.15) is 19.1 Å². The van der Waals surface area contributed by atoms with Crippen molar-refractivity contribution in [1.29, 1.82) is 0 Å². The fraction of sp³-hybridized carbons (Fsp3) is 0.364. The largest absolute Gasteiger partial charge is 0.486 e. The van der Waals surface area contributed by atoms with Gasteiger partial charge in [0.25, 0.3) is 0 Å². The molecule has 7 nitrogen and oxygen atoms in total. The third-order valence-corrected chi connectivity index (χ3v) is 5.89. The molecule has 30 heavy (non-hydrogen) atoms. The number of ether oxygens (including phenoxy) is 2. The van der Waals surface area contributed by atoms with Crippen molar-refractivity contribution >= 4 is 41.3 Å². The molecule has 2 N–H and O–H groups in total. The molecule has 2 aromatic rings. The Balaban J connectivity index is 0.00000218. The molecule has 2 amide bonds. The van der Waals surface area contributed by atoms with Gasteiger partial charge in [0.2, 0.25) is 11.8 Å². The second-order valence-electron chi connectivity index (χ2n) is 7.60. The van der Waals surface area contributed by atoms with Gasteiger partial charge in [-0.05, 0) is 49.1 Å². The Bertz CT molecular complexity index is 996. The van der Waals surface area contributed by atoms with Crippen molar-refractivity contribution in [3.05, 3.63) is 42.0 Å². The summed E-state index contributed by atoms with van der Waals surface area (Å²) in [5, 5.41) is 0. The van der Waals surface area contributed by atoms with Gasteiger partial charge >= 0.3 is 0 Å².